The van der Waals surface area contributed by atoms with Gasteiger partial charge in [-0.3, -0.25) is 9.89 Å². The number of fused-ring (bicyclic) bond motifs is 2. The molecule has 3 aromatic rings. The number of benzene rings is 2. The van der Waals surface area contributed by atoms with Gasteiger partial charge in [-0.15, -0.1) is 0 Å². The Kier molecular flexibility index (Phi) is 2.53. The molecular weight excluding hydrogens is 270 g/mol. The Bertz CT molecular complexity index is 841. The van der Waals surface area contributed by atoms with Crippen molar-refractivity contribution < 1.29 is 14.3 Å². The number of H-pyrrole nitrogens is 1. The molecule has 1 aliphatic heterocycles. The smallest absolute Gasteiger partial charge is 0.255 e. The molecule has 4 rings (SSSR count). The Morgan fingerprint density at radius 2 is 2.05 bits per heavy atom. The number of nitrogens with zero attached hydrogens (tertiary/aromatic N) is 1. The summed E-state index contributed by atoms with van der Waals surface area (Å²) in [4.78, 5) is 12.3. The first-order chi connectivity index (χ1) is 10.3. The molecule has 2 N–H and O–H groups in total. The van der Waals surface area contributed by atoms with Crippen molar-refractivity contribution in [2.75, 3.05) is 12.1 Å². The van der Waals surface area contributed by atoms with Crippen LogP contribution in [0.3, 0.4) is 0 Å². The molecule has 104 valence electrons. The minimum Gasteiger partial charge on any atom is -0.454 e. The summed E-state index contributed by atoms with van der Waals surface area (Å²) < 4.78 is 10.5. The molecule has 0 spiro atoms. The number of carbonyl (C=O) groups excluding carboxylic acids is 1. The summed E-state index contributed by atoms with van der Waals surface area (Å²) >= 11 is 0. The molecule has 0 saturated heterocycles. The Morgan fingerprint density at radius 1 is 1.14 bits per heavy atom. The summed E-state index contributed by atoms with van der Waals surface area (Å²) in [5.74, 6) is 1.05. The van der Waals surface area contributed by atoms with Crippen LogP contribution in [0.2, 0.25) is 0 Å². The van der Waals surface area contributed by atoms with Crippen LogP contribution in [-0.2, 0) is 0 Å². The monoisotopic (exact) mass is 281 g/mol. The molecule has 1 amide bonds. The summed E-state index contributed by atoms with van der Waals surface area (Å²) in [6.45, 7) is 0.191. The van der Waals surface area contributed by atoms with Gasteiger partial charge in [-0.25, -0.2) is 0 Å². The van der Waals surface area contributed by atoms with E-state index >= 15 is 0 Å². The quantitative estimate of drug-likeness (QED) is 0.756. The number of hydrogen-bond donors (Lipinski definition) is 2. The maximum atomic E-state index is 12.3. The van der Waals surface area contributed by atoms with Crippen molar-refractivity contribution >= 4 is 22.5 Å². The van der Waals surface area contributed by atoms with Gasteiger partial charge in [-0.2, -0.15) is 5.10 Å². The SMILES string of the molecule is O=C(Nc1ccc2cn[nH]c2c1)c1ccc2c(c1)OCO2. The van der Waals surface area contributed by atoms with Crippen molar-refractivity contribution in [2.45, 2.75) is 0 Å². The summed E-state index contributed by atoms with van der Waals surface area (Å²) in [6, 6.07) is 10.7. The maximum absolute atomic E-state index is 12.3. The van der Waals surface area contributed by atoms with Crippen molar-refractivity contribution in [3.63, 3.8) is 0 Å². The molecule has 0 radical (unpaired) electrons. The van der Waals surface area contributed by atoms with E-state index in [4.69, 9.17) is 9.47 Å². The van der Waals surface area contributed by atoms with Gasteiger partial charge in [-0.1, -0.05) is 0 Å². The highest BCUT2D eigenvalue weighted by Gasteiger charge is 2.16. The van der Waals surface area contributed by atoms with Crippen molar-refractivity contribution in [1.29, 1.82) is 0 Å². The highest BCUT2D eigenvalue weighted by Crippen LogP contribution is 2.32. The largest absolute Gasteiger partial charge is 0.454 e. The third kappa shape index (κ3) is 2.06. The molecule has 1 aliphatic rings. The standard InChI is InChI=1S/C15H11N3O3/c19-15(9-2-4-13-14(5-9)21-8-20-13)17-11-3-1-10-7-16-18-12(10)6-11/h1-7H,8H2,(H,16,18)(H,17,19). The molecule has 6 heteroatoms. The Morgan fingerprint density at radius 3 is 3.00 bits per heavy atom. The molecule has 2 aromatic carbocycles. The zero-order valence-electron chi connectivity index (χ0n) is 10.9. The second-order valence-electron chi connectivity index (χ2n) is 4.69. The number of anilines is 1. The lowest BCUT2D eigenvalue weighted by atomic mass is 10.1. The zero-order chi connectivity index (χ0) is 14.2. The van der Waals surface area contributed by atoms with Gasteiger partial charge in [0.15, 0.2) is 11.5 Å². The van der Waals surface area contributed by atoms with Crippen molar-refractivity contribution in [3.8, 4) is 11.5 Å². The number of carbonyl (C=O) groups is 1. The number of hydrogen-bond acceptors (Lipinski definition) is 4. The molecule has 2 heterocycles. The van der Waals surface area contributed by atoms with Crippen LogP contribution in [0.4, 0.5) is 5.69 Å². The van der Waals surface area contributed by atoms with E-state index in [0.717, 1.165) is 10.9 Å². The third-order valence-corrected chi connectivity index (χ3v) is 3.33. The molecule has 1 aromatic heterocycles. The molecule has 0 bridgehead atoms. The van der Waals surface area contributed by atoms with Gasteiger partial charge in [0.25, 0.3) is 5.91 Å². The van der Waals surface area contributed by atoms with Crippen LogP contribution in [0.15, 0.2) is 42.6 Å². The van der Waals surface area contributed by atoms with Gasteiger partial charge >= 0.3 is 0 Å². The van der Waals surface area contributed by atoms with E-state index in [-0.39, 0.29) is 12.7 Å². The van der Waals surface area contributed by atoms with E-state index in [0.29, 0.717) is 22.7 Å². The summed E-state index contributed by atoms with van der Waals surface area (Å²) in [6.07, 6.45) is 1.73. The molecule has 21 heavy (non-hydrogen) atoms. The maximum Gasteiger partial charge on any atom is 0.255 e. The topological polar surface area (TPSA) is 76.2 Å². The predicted molar refractivity (Wildman–Crippen MR) is 76.6 cm³/mol. The van der Waals surface area contributed by atoms with Crippen LogP contribution in [0, 0.1) is 0 Å². The van der Waals surface area contributed by atoms with E-state index in [1.807, 2.05) is 18.2 Å². The summed E-state index contributed by atoms with van der Waals surface area (Å²) in [7, 11) is 0. The van der Waals surface area contributed by atoms with Crippen LogP contribution in [0.5, 0.6) is 11.5 Å². The number of rotatable bonds is 2. The van der Waals surface area contributed by atoms with E-state index < -0.39 is 0 Å². The molecule has 0 unspecified atom stereocenters. The lowest BCUT2D eigenvalue weighted by Crippen LogP contribution is -2.11. The average molecular weight is 281 g/mol. The van der Waals surface area contributed by atoms with Gasteiger partial charge < -0.3 is 14.8 Å². The van der Waals surface area contributed by atoms with Crippen LogP contribution < -0.4 is 14.8 Å². The summed E-state index contributed by atoms with van der Waals surface area (Å²) in [5.41, 5.74) is 2.09. The fourth-order valence-electron chi connectivity index (χ4n) is 2.26. The van der Waals surface area contributed by atoms with Crippen molar-refractivity contribution in [2.24, 2.45) is 0 Å². The number of aromatic amines is 1. The van der Waals surface area contributed by atoms with Crippen LogP contribution in [-0.4, -0.2) is 22.9 Å². The van der Waals surface area contributed by atoms with Gasteiger partial charge in [0.05, 0.1) is 11.7 Å². The first-order valence-corrected chi connectivity index (χ1v) is 6.44. The van der Waals surface area contributed by atoms with Crippen LogP contribution in [0.25, 0.3) is 10.9 Å². The normalized spacial score (nSPS) is 12.6. The minimum atomic E-state index is -0.202. The predicted octanol–water partition coefficient (Wildman–Crippen LogP) is 2.54. The fraction of sp³-hybridized carbons (Fsp3) is 0.0667. The van der Waals surface area contributed by atoms with E-state index in [9.17, 15) is 4.79 Å². The van der Waals surface area contributed by atoms with Gasteiger partial charge in [-0.05, 0) is 36.4 Å². The first-order valence-electron chi connectivity index (χ1n) is 6.44. The van der Waals surface area contributed by atoms with Gasteiger partial charge in [0.1, 0.15) is 0 Å². The summed E-state index contributed by atoms with van der Waals surface area (Å²) in [5, 5.41) is 10.7. The van der Waals surface area contributed by atoms with E-state index in [2.05, 4.69) is 15.5 Å². The van der Waals surface area contributed by atoms with Crippen LogP contribution in [0.1, 0.15) is 10.4 Å². The van der Waals surface area contributed by atoms with E-state index in [1.165, 1.54) is 0 Å². The Labute approximate surface area is 119 Å². The third-order valence-electron chi connectivity index (χ3n) is 3.33. The second kappa shape index (κ2) is 4.52. The van der Waals surface area contributed by atoms with Gasteiger partial charge in [0.2, 0.25) is 6.79 Å². The molecule has 0 saturated carbocycles. The highest BCUT2D eigenvalue weighted by atomic mass is 16.7. The number of nitrogens with one attached hydrogen (secondary N) is 2. The zero-order valence-corrected chi connectivity index (χ0v) is 10.9. The van der Waals surface area contributed by atoms with Crippen molar-refractivity contribution in [3.05, 3.63) is 48.2 Å². The average Bonchev–Trinajstić information content (AvgIpc) is 3.14. The molecular formula is C15H11N3O3. The first kappa shape index (κ1) is 11.8. The Balaban J connectivity index is 1.59. The fourth-order valence-corrected chi connectivity index (χ4v) is 2.26. The second-order valence-corrected chi connectivity index (χ2v) is 4.69. The minimum absolute atomic E-state index is 0.191. The number of aromatic nitrogens is 2. The molecule has 0 fully saturated rings. The van der Waals surface area contributed by atoms with Crippen LogP contribution >= 0.6 is 0 Å². The lowest BCUT2D eigenvalue weighted by Gasteiger charge is -2.06. The van der Waals surface area contributed by atoms with Gasteiger partial charge in [0, 0.05) is 16.6 Å². The molecule has 0 atom stereocenters. The highest BCUT2D eigenvalue weighted by molar-refractivity contribution is 6.05. The molecule has 6 nitrogen and oxygen atoms in total. The van der Waals surface area contributed by atoms with E-state index in [1.54, 1.807) is 24.4 Å². The van der Waals surface area contributed by atoms with Crippen molar-refractivity contribution in [1.82, 2.24) is 10.2 Å². The Hall–Kier alpha value is -3.02. The number of amides is 1. The number of ether oxygens (including phenoxy) is 2. The molecule has 0 aliphatic carbocycles. The lowest BCUT2D eigenvalue weighted by molar-refractivity contribution is 0.102.